The molecule has 2 atom stereocenters. The van der Waals surface area contributed by atoms with Gasteiger partial charge in [0.25, 0.3) is 0 Å². The summed E-state index contributed by atoms with van der Waals surface area (Å²) in [4.78, 5) is 13.1. The molecule has 0 aromatic heterocycles. The molecular formula is C15H29NO3. The summed E-state index contributed by atoms with van der Waals surface area (Å²) in [7, 11) is 0. The van der Waals surface area contributed by atoms with E-state index in [1.165, 1.54) is 5.57 Å². The highest BCUT2D eigenvalue weighted by Crippen LogP contribution is 2.16. The molecule has 0 aliphatic heterocycles. The lowest BCUT2D eigenvalue weighted by Gasteiger charge is -2.20. The standard InChI is InChI=1S/C15H29NO3/c1-6-16(11-19-7-2)9-8-12(3)10-13(4)14(5)15(17)18/h10,13-14H,6-9,11H2,1-5H3,(H,17,18)/b12-10+/t13-,14?/m1/s1. The van der Waals surface area contributed by atoms with Crippen molar-refractivity contribution < 1.29 is 14.6 Å². The van der Waals surface area contributed by atoms with E-state index >= 15 is 0 Å². The van der Waals surface area contributed by atoms with E-state index in [-0.39, 0.29) is 11.8 Å². The van der Waals surface area contributed by atoms with Crippen molar-refractivity contribution in [3.05, 3.63) is 11.6 Å². The normalized spacial score (nSPS) is 15.6. The van der Waals surface area contributed by atoms with Crippen molar-refractivity contribution in [1.82, 2.24) is 4.90 Å². The Labute approximate surface area is 117 Å². The van der Waals surface area contributed by atoms with Crippen LogP contribution in [0.2, 0.25) is 0 Å². The topological polar surface area (TPSA) is 49.8 Å². The van der Waals surface area contributed by atoms with Gasteiger partial charge in [-0.3, -0.25) is 9.69 Å². The molecule has 0 amide bonds. The highest BCUT2D eigenvalue weighted by atomic mass is 16.5. The van der Waals surface area contributed by atoms with Gasteiger partial charge in [0.2, 0.25) is 0 Å². The van der Waals surface area contributed by atoms with E-state index in [1.54, 1.807) is 6.92 Å². The lowest BCUT2D eigenvalue weighted by Crippen LogP contribution is -2.27. The minimum atomic E-state index is -0.733. The van der Waals surface area contributed by atoms with Crippen molar-refractivity contribution in [2.45, 2.75) is 41.0 Å². The average Bonchev–Trinajstić information content (AvgIpc) is 2.37. The molecule has 0 spiro atoms. The maximum atomic E-state index is 10.9. The second kappa shape index (κ2) is 9.98. The molecule has 4 heteroatoms. The third kappa shape index (κ3) is 8.01. The van der Waals surface area contributed by atoms with Crippen molar-refractivity contribution in [1.29, 1.82) is 0 Å². The number of hydrogen-bond acceptors (Lipinski definition) is 3. The van der Waals surface area contributed by atoms with Gasteiger partial charge in [0.15, 0.2) is 0 Å². The maximum Gasteiger partial charge on any atom is 0.306 e. The third-order valence-electron chi connectivity index (χ3n) is 3.47. The Morgan fingerprint density at radius 2 is 2.00 bits per heavy atom. The SMILES string of the molecule is CCOCN(CC)CC/C(C)=C/[C@@H](C)C(C)C(=O)O. The van der Waals surface area contributed by atoms with E-state index in [1.807, 2.05) is 13.8 Å². The first-order valence-electron chi connectivity index (χ1n) is 7.12. The molecule has 0 saturated carbocycles. The zero-order valence-electron chi connectivity index (χ0n) is 13.0. The molecule has 1 N–H and O–H groups in total. The molecule has 1 unspecified atom stereocenters. The third-order valence-corrected chi connectivity index (χ3v) is 3.47. The molecule has 0 aromatic rings. The number of carbonyl (C=O) groups is 1. The van der Waals surface area contributed by atoms with Crippen LogP contribution in [0.1, 0.15) is 41.0 Å². The van der Waals surface area contributed by atoms with Crippen molar-refractivity contribution in [2.24, 2.45) is 11.8 Å². The number of carboxylic acid groups (broad SMARTS) is 1. The summed E-state index contributed by atoms with van der Waals surface area (Å²) in [5.74, 6) is -0.997. The number of hydrogen-bond donors (Lipinski definition) is 1. The minimum Gasteiger partial charge on any atom is -0.481 e. The smallest absolute Gasteiger partial charge is 0.306 e. The Balaban J connectivity index is 4.20. The Morgan fingerprint density at radius 1 is 1.37 bits per heavy atom. The summed E-state index contributed by atoms with van der Waals surface area (Å²) in [5, 5.41) is 8.96. The predicted octanol–water partition coefficient (Wildman–Crippen LogP) is 3.00. The molecule has 0 aliphatic carbocycles. The van der Waals surface area contributed by atoms with E-state index in [0.29, 0.717) is 6.73 Å². The van der Waals surface area contributed by atoms with Gasteiger partial charge < -0.3 is 9.84 Å². The van der Waals surface area contributed by atoms with Gasteiger partial charge >= 0.3 is 5.97 Å². The van der Waals surface area contributed by atoms with E-state index in [9.17, 15) is 4.79 Å². The molecule has 0 radical (unpaired) electrons. The van der Waals surface area contributed by atoms with E-state index in [4.69, 9.17) is 9.84 Å². The molecule has 0 heterocycles. The van der Waals surface area contributed by atoms with Crippen LogP contribution < -0.4 is 0 Å². The van der Waals surface area contributed by atoms with Gasteiger partial charge in [-0.05, 0) is 32.7 Å². The summed E-state index contributed by atoms with van der Waals surface area (Å²) < 4.78 is 5.40. The predicted molar refractivity (Wildman–Crippen MR) is 78.1 cm³/mol. The quantitative estimate of drug-likeness (QED) is 0.490. The van der Waals surface area contributed by atoms with Crippen molar-refractivity contribution in [3.8, 4) is 0 Å². The van der Waals surface area contributed by atoms with E-state index in [2.05, 4.69) is 24.8 Å². The Bertz CT molecular complexity index is 289. The van der Waals surface area contributed by atoms with E-state index in [0.717, 1.165) is 26.1 Å². The number of nitrogens with zero attached hydrogens (tertiary/aromatic N) is 1. The molecule has 0 bridgehead atoms. The average molecular weight is 271 g/mol. The van der Waals surface area contributed by atoms with Crippen LogP contribution in [0.15, 0.2) is 11.6 Å². The molecule has 19 heavy (non-hydrogen) atoms. The maximum absolute atomic E-state index is 10.9. The summed E-state index contributed by atoms with van der Waals surface area (Å²) in [6, 6.07) is 0. The van der Waals surface area contributed by atoms with Crippen molar-refractivity contribution in [2.75, 3.05) is 26.4 Å². The first-order chi connectivity index (χ1) is 8.92. The second-order valence-electron chi connectivity index (χ2n) is 5.08. The van der Waals surface area contributed by atoms with Crippen LogP contribution in [-0.2, 0) is 9.53 Å². The Hall–Kier alpha value is -0.870. The van der Waals surface area contributed by atoms with Gasteiger partial charge in [-0.1, -0.05) is 32.4 Å². The second-order valence-corrected chi connectivity index (χ2v) is 5.08. The van der Waals surface area contributed by atoms with Gasteiger partial charge in [0.05, 0.1) is 12.6 Å². The fraction of sp³-hybridized carbons (Fsp3) is 0.800. The number of ether oxygens (including phenoxy) is 1. The first kappa shape index (κ1) is 18.1. The van der Waals surface area contributed by atoms with Crippen LogP contribution in [0.25, 0.3) is 0 Å². The number of aliphatic carboxylic acids is 1. The Kier molecular flexibility index (Phi) is 9.53. The van der Waals surface area contributed by atoms with Gasteiger partial charge in [-0.15, -0.1) is 0 Å². The van der Waals surface area contributed by atoms with Crippen molar-refractivity contribution >= 4 is 5.97 Å². The molecule has 0 rings (SSSR count). The van der Waals surface area contributed by atoms with Gasteiger partial charge in [0.1, 0.15) is 0 Å². The first-order valence-corrected chi connectivity index (χ1v) is 7.12. The fourth-order valence-electron chi connectivity index (χ4n) is 1.77. The summed E-state index contributed by atoms with van der Waals surface area (Å²) >= 11 is 0. The van der Waals surface area contributed by atoms with Crippen molar-refractivity contribution in [3.63, 3.8) is 0 Å². The number of allylic oxidation sites excluding steroid dienone is 1. The van der Waals surface area contributed by atoms with Crippen LogP contribution in [0.3, 0.4) is 0 Å². The summed E-state index contributed by atoms with van der Waals surface area (Å²) in [6.45, 7) is 13.2. The zero-order valence-corrected chi connectivity index (χ0v) is 13.0. The largest absolute Gasteiger partial charge is 0.481 e. The monoisotopic (exact) mass is 271 g/mol. The highest BCUT2D eigenvalue weighted by molar-refractivity contribution is 5.70. The number of carboxylic acids is 1. The lowest BCUT2D eigenvalue weighted by atomic mass is 9.93. The van der Waals surface area contributed by atoms with Crippen LogP contribution in [0.5, 0.6) is 0 Å². The molecule has 4 nitrogen and oxygen atoms in total. The summed E-state index contributed by atoms with van der Waals surface area (Å²) in [6.07, 6.45) is 3.03. The van der Waals surface area contributed by atoms with E-state index < -0.39 is 5.97 Å². The number of rotatable bonds is 10. The van der Waals surface area contributed by atoms with Gasteiger partial charge in [-0.25, -0.2) is 0 Å². The molecule has 0 saturated heterocycles. The molecule has 0 fully saturated rings. The van der Waals surface area contributed by atoms with Gasteiger partial charge in [0, 0.05) is 13.2 Å². The van der Waals surface area contributed by atoms with Crippen LogP contribution in [0.4, 0.5) is 0 Å². The van der Waals surface area contributed by atoms with Crippen LogP contribution in [-0.4, -0.2) is 42.4 Å². The minimum absolute atomic E-state index is 0.0690. The molecule has 0 aliphatic rings. The Morgan fingerprint density at radius 3 is 2.47 bits per heavy atom. The lowest BCUT2D eigenvalue weighted by molar-refractivity contribution is -0.142. The van der Waals surface area contributed by atoms with Gasteiger partial charge in [-0.2, -0.15) is 0 Å². The van der Waals surface area contributed by atoms with Crippen LogP contribution in [0, 0.1) is 11.8 Å². The molecule has 112 valence electrons. The fourth-order valence-corrected chi connectivity index (χ4v) is 1.77. The highest BCUT2D eigenvalue weighted by Gasteiger charge is 2.17. The summed E-state index contributed by atoms with van der Waals surface area (Å²) in [5.41, 5.74) is 1.25. The zero-order chi connectivity index (χ0) is 14.8. The molecular weight excluding hydrogens is 242 g/mol. The molecule has 0 aromatic carbocycles. The van der Waals surface area contributed by atoms with Crippen LogP contribution >= 0.6 is 0 Å².